The summed E-state index contributed by atoms with van der Waals surface area (Å²) in [5, 5.41) is 21.5. The number of nitrogens with zero attached hydrogens (tertiary/aromatic N) is 2. The van der Waals surface area contributed by atoms with Crippen molar-refractivity contribution in [2.24, 2.45) is 0 Å². The quantitative estimate of drug-likeness (QED) is 0.350. The summed E-state index contributed by atoms with van der Waals surface area (Å²) in [4.78, 5) is 14.6. The lowest BCUT2D eigenvalue weighted by molar-refractivity contribution is -0.376. The highest BCUT2D eigenvalue weighted by atomic mass is 19.4. The predicted molar refractivity (Wildman–Crippen MR) is 134 cm³/mol. The third-order valence-corrected chi connectivity index (χ3v) is 7.56. The third-order valence-electron chi connectivity index (χ3n) is 7.56. The van der Waals surface area contributed by atoms with E-state index in [1.165, 1.54) is 29.2 Å². The number of hydrogen-bond acceptors (Lipinski definition) is 3. The molecule has 3 aromatic rings. The summed E-state index contributed by atoms with van der Waals surface area (Å²) in [5.74, 6) is -1.11. The number of carbonyl (C=O) groups is 1. The van der Waals surface area contributed by atoms with Gasteiger partial charge >= 0.3 is 18.4 Å². The van der Waals surface area contributed by atoms with Gasteiger partial charge in [0, 0.05) is 36.5 Å². The fourth-order valence-electron chi connectivity index (χ4n) is 5.18. The maximum absolute atomic E-state index is 13.7. The number of likely N-dealkylation sites (tertiary alicyclic amines) is 1. The van der Waals surface area contributed by atoms with Crippen LogP contribution in [0, 0.1) is 17.1 Å². The Bertz CT molecular complexity index is 1420. The van der Waals surface area contributed by atoms with Crippen LogP contribution in [0.3, 0.4) is 0 Å². The molecule has 4 rings (SSSR count). The van der Waals surface area contributed by atoms with Crippen LogP contribution < -0.4 is 5.32 Å². The van der Waals surface area contributed by atoms with E-state index in [9.17, 15) is 40.6 Å². The van der Waals surface area contributed by atoms with Gasteiger partial charge in [0.1, 0.15) is 5.82 Å². The molecule has 2 N–H and O–H groups in total. The first-order chi connectivity index (χ1) is 19.1. The zero-order chi connectivity index (χ0) is 30.2. The van der Waals surface area contributed by atoms with Crippen LogP contribution in [0.15, 0.2) is 72.8 Å². The molecule has 0 spiro atoms. The average molecular weight is 580 g/mol. The van der Waals surface area contributed by atoms with E-state index in [0.717, 1.165) is 17.7 Å². The highest BCUT2D eigenvalue weighted by Gasteiger charge is 2.71. The van der Waals surface area contributed by atoms with Gasteiger partial charge in [0.2, 0.25) is 0 Å². The average Bonchev–Trinajstić information content (AvgIpc) is 3.29. The van der Waals surface area contributed by atoms with Crippen molar-refractivity contribution in [3.63, 3.8) is 0 Å². The molecular formula is C29H24F7N3O2. The van der Waals surface area contributed by atoms with Crippen LogP contribution in [0.5, 0.6) is 0 Å². The third kappa shape index (κ3) is 5.59. The largest absolute Gasteiger partial charge is 0.430 e. The number of halogens is 7. The maximum atomic E-state index is 13.7. The van der Waals surface area contributed by atoms with Gasteiger partial charge in [-0.1, -0.05) is 55.5 Å². The Hall–Kier alpha value is -4.11. The lowest BCUT2D eigenvalue weighted by Gasteiger charge is -2.34. The van der Waals surface area contributed by atoms with Gasteiger partial charge in [-0.05, 0) is 41.0 Å². The molecule has 41 heavy (non-hydrogen) atoms. The molecule has 1 saturated heterocycles. The molecule has 1 fully saturated rings. The summed E-state index contributed by atoms with van der Waals surface area (Å²) < 4.78 is 93.9. The zero-order valence-electron chi connectivity index (χ0n) is 21.5. The van der Waals surface area contributed by atoms with Gasteiger partial charge in [0.25, 0.3) is 5.60 Å². The van der Waals surface area contributed by atoms with E-state index in [-0.39, 0.29) is 19.6 Å². The fourth-order valence-corrected chi connectivity index (χ4v) is 5.18. The minimum Gasteiger partial charge on any atom is -0.369 e. The number of alkyl halides is 6. The standard InChI is InChI=1S/C29H24F7N3O2/c1-26(21-10-12-23(30)13-11-21)17-39(25(40)38-15-19-4-2-18(14-37)3-5-19)16-24(26)20-6-8-22(9-7-20)27(41,28(31,32)33)29(34,35)36/h2-13,24,41H,15-17H2,1H3,(H,38,40)/t24-,26+/m0/s1. The molecule has 2 amide bonds. The number of carbonyl (C=O) groups excluding carboxylic acids is 1. The molecule has 12 heteroatoms. The first kappa shape index (κ1) is 29.9. The Morgan fingerprint density at radius 3 is 2.05 bits per heavy atom. The van der Waals surface area contributed by atoms with Gasteiger partial charge in [-0.15, -0.1) is 0 Å². The molecule has 2 atom stereocenters. The number of hydrogen-bond donors (Lipinski definition) is 2. The van der Waals surface area contributed by atoms with Crippen molar-refractivity contribution in [2.45, 2.75) is 42.8 Å². The van der Waals surface area contributed by atoms with Gasteiger partial charge < -0.3 is 15.3 Å². The lowest BCUT2D eigenvalue weighted by atomic mass is 9.71. The molecule has 0 radical (unpaired) electrons. The van der Waals surface area contributed by atoms with Gasteiger partial charge in [-0.25, -0.2) is 9.18 Å². The number of urea groups is 1. The Labute approximate surface area is 230 Å². The summed E-state index contributed by atoms with van der Waals surface area (Å²) in [6.07, 6.45) is -12.0. The Morgan fingerprint density at radius 1 is 0.976 bits per heavy atom. The van der Waals surface area contributed by atoms with Crippen LogP contribution in [0.25, 0.3) is 0 Å². The van der Waals surface area contributed by atoms with Gasteiger partial charge in [-0.3, -0.25) is 0 Å². The Balaban J connectivity index is 1.64. The predicted octanol–water partition coefficient (Wildman–Crippen LogP) is 6.28. The number of aliphatic hydroxyl groups is 1. The second-order valence-corrected chi connectivity index (χ2v) is 10.2. The van der Waals surface area contributed by atoms with Crippen LogP contribution in [0.1, 0.15) is 40.7 Å². The van der Waals surface area contributed by atoms with Gasteiger partial charge in [0.15, 0.2) is 0 Å². The van der Waals surface area contributed by atoms with Gasteiger partial charge in [-0.2, -0.15) is 31.6 Å². The van der Waals surface area contributed by atoms with E-state index < -0.39 is 46.7 Å². The van der Waals surface area contributed by atoms with E-state index in [1.807, 2.05) is 6.07 Å². The topological polar surface area (TPSA) is 76.4 Å². The Kier molecular flexibility index (Phi) is 7.80. The van der Waals surface area contributed by atoms with Crippen molar-refractivity contribution in [3.8, 4) is 6.07 Å². The molecule has 1 aliphatic rings. The number of benzene rings is 3. The fraction of sp³-hybridized carbons (Fsp3) is 0.310. The minimum absolute atomic E-state index is 0.0508. The van der Waals surface area contributed by atoms with E-state index in [4.69, 9.17) is 5.26 Å². The molecule has 0 bridgehead atoms. The molecule has 1 heterocycles. The van der Waals surface area contributed by atoms with Crippen LogP contribution in [0.4, 0.5) is 35.5 Å². The zero-order valence-corrected chi connectivity index (χ0v) is 21.5. The number of nitrogens with one attached hydrogen (secondary N) is 1. The highest BCUT2D eigenvalue weighted by molar-refractivity contribution is 5.75. The Morgan fingerprint density at radius 2 is 1.54 bits per heavy atom. The van der Waals surface area contributed by atoms with Gasteiger partial charge in [0.05, 0.1) is 11.6 Å². The van der Waals surface area contributed by atoms with Crippen LogP contribution >= 0.6 is 0 Å². The number of rotatable bonds is 5. The van der Waals surface area contributed by atoms with E-state index >= 15 is 0 Å². The number of nitriles is 1. The second kappa shape index (κ2) is 10.7. The molecule has 216 valence electrons. The van der Waals surface area contributed by atoms with Crippen molar-refractivity contribution < 1.29 is 40.6 Å². The summed E-state index contributed by atoms with van der Waals surface area (Å²) in [7, 11) is 0. The van der Waals surface area contributed by atoms with Crippen LogP contribution in [-0.2, 0) is 17.6 Å². The minimum atomic E-state index is -6.02. The molecule has 5 nitrogen and oxygen atoms in total. The van der Waals surface area contributed by atoms with Crippen molar-refractivity contribution in [2.75, 3.05) is 13.1 Å². The molecule has 0 unspecified atom stereocenters. The monoisotopic (exact) mass is 579 g/mol. The first-order valence-corrected chi connectivity index (χ1v) is 12.3. The number of amides is 2. The molecular weight excluding hydrogens is 555 g/mol. The normalized spacial score (nSPS) is 19.6. The van der Waals surface area contributed by atoms with Crippen LogP contribution in [0.2, 0.25) is 0 Å². The molecule has 3 aromatic carbocycles. The lowest BCUT2D eigenvalue weighted by Crippen LogP contribution is -2.53. The summed E-state index contributed by atoms with van der Waals surface area (Å²) in [5.41, 5.74) is -5.23. The van der Waals surface area contributed by atoms with Crippen molar-refractivity contribution >= 4 is 6.03 Å². The SMILES string of the molecule is C[C@]1(c2ccc(F)cc2)CN(C(=O)NCc2ccc(C#N)cc2)C[C@H]1c1ccc(C(O)(C(F)(F)F)C(F)(F)F)cc1. The maximum Gasteiger partial charge on any atom is 0.430 e. The van der Waals surface area contributed by atoms with Crippen LogP contribution in [-0.4, -0.2) is 41.5 Å². The van der Waals surface area contributed by atoms with Crippen molar-refractivity contribution in [1.82, 2.24) is 10.2 Å². The summed E-state index contributed by atoms with van der Waals surface area (Å²) in [6, 6.07) is 16.9. The smallest absolute Gasteiger partial charge is 0.369 e. The first-order valence-electron chi connectivity index (χ1n) is 12.3. The second-order valence-electron chi connectivity index (χ2n) is 10.2. The molecule has 0 aliphatic carbocycles. The molecule has 0 aromatic heterocycles. The van der Waals surface area contributed by atoms with Crippen molar-refractivity contribution in [3.05, 3.63) is 106 Å². The molecule has 1 aliphatic heterocycles. The molecule has 0 saturated carbocycles. The van der Waals surface area contributed by atoms with E-state index in [2.05, 4.69) is 5.32 Å². The van der Waals surface area contributed by atoms with E-state index in [0.29, 0.717) is 28.8 Å². The van der Waals surface area contributed by atoms with E-state index in [1.54, 1.807) is 31.2 Å². The summed E-state index contributed by atoms with van der Waals surface area (Å²) in [6.45, 7) is 2.07. The van der Waals surface area contributed by atoms with Crippen molar-refractivity contribution in [1.29, 1.82) is 5.26 Å². The summed E-state index contributed by atoms with van der Waals surface area (Å²) >= 11 is 0. The highest BCUT2D eigenvalue weighted by Crippen LogP contribution is 2.51.